The van der Waals surface area contributed by atoms with Crippen LogP contribution in [0.1, 0.15) is 26.7 Å². The van der Waals surface area contributed by atoms with Crippen molar-refractivity contribution in [2.75, 3.05) is 32.8 Å². The van der Waals surface area contributed by atoms with Crippen molar-refractivity contribution in [3.63, 3.8) is 0 Å². The van der Waals surface area contributed by atoms with Crippen LogP contribution in [0.2, 0.25) is 0 Å². The van der Waals surface area contributed by atoms with E-state index < -0.39 is 0 Å². The highest BCUT2D eigenvalue weighted by molar-refractivity contribution is 5.75. The number of hydrogen-bond acceptors (Lipinski definition) is 4. The van der Waals surface area contributed by atoms with Gasteiger partial charge in [0.25, 0.3) is 0 Å². The van der Waals surface area contributed by atoms with Crippen LogP contribution in [-0.4, -0.2) is 55.3 Å². The molecule has 21 heavy (non-hydrogen) atoms. The van der Waals surface area contributed by atoms with Gasteiger partial charge in [-0.25, -0.2) is 4.99 Å². The van der Waals surface area contributed by atoms with Gasteiger partial charge < -0.3 is 14.5 Å². The van der Waals surface area contributed by atoms with Crippen molar-refractivity contribution in [3.8, 4) is 0 Å². The quantitative estimate of drug-likeness (QED) is 0.747. The summed E-state index contributed by atoms with van der Waals surface area (Å²) in [5.41, 5.74) is 1.08. The Morgan fingerprint density at radius 3 is 2.76 bits per heavy atom. The number of amides is 1. The summed E-state index contributed by atoms with van der Waals surface area (Å²) in [7, 11) is 0. The van der Waals surface area contributed by atoms with Crippen molar-refractivity contribution in [1.82, 2.24) is 9.80 Å². The van der Waals surface area contributed by atoms with Crippen molar-refractivity contribution >= 4 is 12.6 Å². The summed E-state index contributed by atoms with van der Waals surface area (Å²) in [5, 5.41) is 0. The van der Waals surface area contributed by atoms with E-state index in [2.05, 4.69) is 23.5 Å². The van der Waals surface area contributed by atoms with Crippen molar-refractivity contribution in [2.24, 2.45) is 10.9 Å². The summed E-state index contributed by atoms with van der Waals surface area (Å²) >= 11 is 0. The van der Waals surface area contributed by atoms with Gasteiger partial charge >= 0.3 is 0 Å². The van der Waals surface area contributed by atoms with Gasteiger partial charge in [0.15, 0.2) is 0 Å². The van der Waals surface area contributed by atoms with Crippen LogP contribution in [0.4, 0.5) is 0 Å². The lowest BCUT2D eigenvalue weighted by Crippen LogP contribution is -2.36. The fraction of sp³-hybridized carbons (Fsp3) is 0.625. The van der Waals surface area contributed by atoms with Gasteiger partial charge in [-0.3, -0.25) is 4.79 Å². The van der Waals surface area contributed by atoms with Gasteiger partial charge in [-0.1, -0.05) is 6.92 Å². The molecule has 0 spiro atoms. The molecule has 0 bridgehead atoms. The molecule has 0 aromatic carbocycles. The zero-order valence-electron chi connectivity index (χ0n) is 13.0. The second-order valence-electron chi connectivity index (χ2n) is 5.71. The predicted octanol–water partition coefficient (Wildman–Crippen LogP) is 2.02. The molecular formula is C16H25N3O2. The van der Waals surface area contributed by atoms with E-state index in [-0.39, 0.29) is 5.91 Å². The lowest BCUT2D eigenvalue weighted by molar-refractivity contribution is -0.128. The molecule has 0 N–H and O–H groups in total. The molecule has 2 aliphatic heterocycles. The fourth-order valence-corrected chi connectivity index (χ4v) is 2.77. The van der Waals surface area contributed by atoms with Gasteiger partial charge in [0.1, 0.15) is 5.82 Å². The van der Waals surface area contributed by atoms with Crippen LogP contribution in [0.25, 0.3) is 0 Å². The van der Waals surface area contributed by atoms with E-state index in [9.17, 15) is 4.79 Å². The molecular weight excluding hydrogens is 266 g/mol. The summed E-state index contributed by atoms with van der Waals surface area (Å²) in [6.45, 7) is 11.4. The molecule has 1 amide bonds. The van der Waals surface area contributed by atoms with E-state index in [0.29, 0.717) is 5.92 Å². The van der Waals surface area contributed by atoms with Gasteiger partial charge in [-0.2, -0.15) is 0 Å². The SMILES string of the molecule is C=N/C(=C\C=C1/CCC(C)CN1C(C)=O)N1CCOCC1. The number of hydrogen-bond donors (Lipinski definition) is 0. The molecule has 0 aliphatic carbocycles. The minimum atomic E-state index is 0.112. The first kappa shape index (κ1) is 15.8. The largest absolute Gasteiger partial charge is 0.378 e. The average Bonchev–Trinajstić information content (AvgIpc) is 2.50. The second-order valence-corrected chi connectivity index (χ2v) is 5.71. The molecule has 1 atom stereocenters. The van der Waals surface area contributed by atoms with Crippen LogP contribution >= 0.6 is 0 Å². The van der Waals surface area contributed by atoms with E-state index in [0.717, 1.165) is 57.2 Å². The molecule has 2 saturated heterocycles. The molecule has 0 radical (unpaired) electrons. The first-order chi connectivity index (χ1) is 10.1. The van der Waals surface area contributed by atoms with E-state index >= 15 is 0 Å². The molecule has 2 heterocycles. The Labute approximate surface area is 127 Å². The van der Waals surface area contributed by atoms with Crippen molar-refractivity contribution in [3.05, 3.63) is 23.7 Å². The number of morpholine rings is 1. The third-order valence-corrected chi connectivity index (χ3v) is 4.04. The predicted molar refractivity (Wildman–Crippen MR) is 83.9 cm³/mol. The number of carbonyl (C=O) groups excluding carboxylic acids is 1. The molecule has 0 aromatic rings. The molecule has 2 aliphatic rings. The van der Waals surface area contributed by atoms with E-state index in [1.165, 1.54) is 0 Å². The van der Waals surface area contributed by atoms with E-state index in [4.69, 9.17) is 4.74 Å². The monoisotopic (exact) mass is 291 g/mol. The first-order valence-corrected chi connectivity index (χ1v) is 7.60. The molecule has 5 nitrogen and oxygen atoms in total. The van der Waals surface area contributed by atoms with Crippen LogP contribution in [0.3, 0.4) is 0 Å². The molecule has 2 fully saturated rings. The fourth-order valence-electron chi connectivity index (χ4n) is 2.77. The molecule has 5 heteroatoms. The maximum atomic E-state index is 11.8. The maximum Gasteiger partial charge on any atom is 0.223 e. The number of nitrogens with zero attached hydrogens (tertiary/aromatic N) is 3. The summed E-state index contributed by atoms with van der Waals surface area (Å²) in [4.78, 5) is 19.9. The number of aliphatic imine (C=N–C) groups is 1. The Morgan fingerprint density at radius 2 is 2.14 bits per heavy atom. The Kier molecular flexibility index (Phi) is 5.56. The molecule has 1 unspecified atom stereocenters. The minimum absolute atomic E-state index is 0.112. The third kappa shape index (κ3) is 4.17. The van der Waals surface area contributed by atoms with Crippen LogP contribution < -0.4 is 0 Å². The highest BCUT2D eigenvalue weighted by atomic mass is 16.5. The lowest BCUT2D eigenvalue weighted by Gasteiger charge is -2.33. The van der Waals surface area contributed by atoms with Gasteiger partial charge in [0.05, 0.1) is 13.2 Å². The average molecular weight is 291 g/mol. The Balaban J connectivity index is 2.13. The number of piperidine rings is 1. The number of carbonyl (C=O) groups is 1. The van der Waals surface area contributed by atoms with Crippen LogP contribution in [0.15, 0.2) is 28.7 Å². The third-order valence-electron chi connectivity index (χ3n) is 4.04. The standard InChI is InChI=1S/C16H25N3O2/c1-13-4-5-15(19(12-13)14(2)20)6-7-16(17-3)18-8-10-21-11-9-18/h6-7,13H,3-5,8-12H2,1-2H3/b15-6+,16-7+. The Morgan fingerprint density at radius 1 is 1.43 bits per heavy atom. The summed E-state index contributed by atoms with van der Waals surface area (Å²) in [6.07, 6.45) is 6.05. The Hall–Kier alpha value is -1.62. The zero-order chi connectivity index (χ0) is 15.2. The highest BCUT2D eigenvalue weighted by Crippen LogP contribution is 2.25. The summed E-state index contributed by atoms with van der Waals surface area (Å²) in [5.74, 6) is 1.53. The second kappa shape index (κ2) is 7.41. The van der Waals surface area contributed by atoms with Gasteiger partial charge in [-0.05, 0) is 37.6 Å². The van der Waals surface area contributed by atoms with Crippen molar-refractivity contribution < 1.29 is 9.53 Å². The first-order valence-electron chi connectivity index (χ1n) is 7.60. The molecule has 0 aromatic heterocycles. The number of allylic oxidation sites excluding steroid dienone is 3. The Bertz CT molecular complexity index is 450. The zero-order valence-corrected chi connectivity index (χ0v) is 13.0. The highest BCUT2D eigenvalue weighted by Gasteiger charge is 2.22. The van der Waals surface area contributed by atoms with Gasteiger partial charge in [0.2, 0.25) is 5.91 Å². The number of rotatable bonds is 3. The van der Waals surface area contributed by atoms with Crippen LogP contribution in [0.5, 0.6) is 0 Å². The van der Waals surface area contributed by atoms with Crippen molar-refractivity contribution in [1.29, 1.82) is 0 Å². The van der Waals surface area contributed by atoms with Gasteiger partial charge in [0, 0.05) is 32.3 Å². The molecule has 0 saturated carbocycles. The smallest absolute Gasteiger partial charge is 0.223 e. The summed E-state index contributed by atoms with van der Waals surface area (Å²) in [6, 6.07) is 0. The van der Waals surface area contributed by atoms with Crippen LogP contribution in [-0.2, 0) is 9.53 Å². The number of likely N-dealkylation sites (tertiary alicyclic amines) is 1. The van der Waals surface area contributed by atoms with E-state index in [1.807, 2.05) is 17.1 Å². The topological polar surface area (TPSA) is 45.1 Å². The molecule has 116 valence electrons. The van der Waals surface area contributed by atoms with Crippen LogP contribution in [0, 0.1) is 5.92 Å². The lowest BCUT2D eigenvalue weighted by atomic mass is 9.97. The summed E-state index contributed by atoms with van der Waals surface area (Å²) < 4.78 is 5.35. The van der Waals surface area contributed by atoms with E-state index in [1.54, 1.807) is 6.92 Å². The number of ether oxygens (including phenoxy) is 1. The van der Waals surface area contributed by atoms with Gasteiger partial charge in [-0.15, -0.1) is 0 Å². The normalized spacial score (nSPS) is 26.1. The maximum absolute atomic E-state index is 11.8. The van der Waals surface area contributed by atoms with Crippen molar-refractivity contribution in [2.45, 2.75) is 26.7 Å². The molecule has 2 rings (SSSR count). The minimum Gasteiger partial charge on any atom is -0.378 e.